The molecule has 5 atom stereocenters. The molecular formula is C39H47N9O9. The highest BCUT2D eigenvalue weighted by atomic mass is 16.4. The summed E-state index contributed by atoms with van der Waals surface area (Å²) in [5.41, 5.74) is 19.3. The average molecular weight is 786 g/mol. The number of hydrogen-bond donors (Lipinski definition) is 11. The van der Waals surface area contributed by atoms with E-state index in [1.165, 1.54) is 24.3 Å². The summed E-state index contributed by atoms with van der Waals surface area (Å²) in [6, 6.07) is 14.8. The number of nitrogens with one attached hydrogen (secondary N) is 5. The van der Waals surface area contributed by atoms with Crippen LogP contribution in [0, 0.1) is 0 Å². The number of phenols is 1. The molecule has 18 heteroatoms. The quantitative estimate of drug-likeness (QED) is 0.0297. The summed E-state index contributed by atoms with van der Waals surface area (Å²) in [6.45, 7) is 0.0816. The van der Waals surface area contributed by atoms with E-state index in [-0.39, 0.29) is 50.4 Å². The molecule has 0 saturated carbocycles. The molecule has 18 nitrogen and oxygen atoms in total. The summed E-state index contributed by atoms with van der Waals surface area (Å²) in [7, 11) is 0. The summed E-state index contributed by atoms with van der Waals surface area (Å²) < 4.78 is 0. The van der Waals surface area contributed by atoms with E-state index in [1.807, 2.05) is 18.2 Å². The zero-order valence-corrected chi connectivity index (χ0v) is 30.9. The number of aliphatic carboxylic acids is 2. The summed E-state index contributed by atoms with van der Waals surface area (Å²) in [5.74, 6) is -6.23. The van der Waals surface area contributed by atoms with Crippen molar-refractivity contribution in [2.24, 2.45) is 22.2 Å². The van der Waals surface area contributed by atoms with Gasteiger partial charge < -0.3 is 58.8 Å². The summed E-state index contributed by atoms with van der Waals surface area (Å²) in [6.07, 6.45) is 0.849. The zero-order chi connectivity index (χ0) is 41.5. The maximum Gasteiger partial charge on any atom is 0.326 e. The third-order valence-corrected chi connectivity index (χ3v) is 8.95. The molecule has 4 rings (SSSR count). The van der Waals surface area contributed by atoms with E-state index in [1.54, 1.807) is 42.6 Å². The number of carboxylic acid groups (broad SMARTS) is 2. The second-order valence-electron chi connectivity index (χ2n) is 13.4. The van der Waals surface area contributed by atoms with Crippen LogP contribution in [0.25, 0.3) is 10.9 Å². The molecule has 0 saturated heterocycles. The molecule has 0 aliphatic carbocycles. The van der Waals surface area contributed by atoms with Gasteiger partial charge in [-0.25, -0.2) is 4.79 Å². The number of H-pyrrole nitrogens is 1. The Morgan fingerprint density at radius 3 is 1.86 bits per heavy atom. The highest BCUT2D eigenvalue weighted by Gasteiger charge is 2.33. The first kappa shape index (κ1) is 42.8. The standard InChI is InChI=1S/C39H47N9O9/c40-27(20-33(50)51)34(52)46-30(17-22-7-2-1-3-8-22)36(54)47-31(19-24-21-44-28-10-5-4-9-26(24)28)37(55)45-29(11-6-16-43-39(41)42)35(53)48-32(38(56)57)18-23-12-14-25(49)15-13-23/h1-5,7-10,12-15,21,27,29-32,44,49H,6,11,16-20,40H2,(H,45,55)(H,46,52)(H,47,54)(H,48,53)(H,50,51)(H,56,57)(H4,41,42,43). The highest BCUT2D eigenvalue weighted by Crippen LogP contribution is 2.20. The van der Waals surface area contributed by atoms with Crippen LogP contribution in [0.2, 0.25) is 0 Å². The number of nitrogens with zero attached hydrogens (tertiary/aromatic N) is 1. The van der Waals surface area contributed by atoms with Crippen LogP contribution in [0.5, 0.6) is 5.75 Å². The Morgan fingerprint density at radius 2 is 1.21 bits per heavy atom. The molecule has 1 heterocycles. The van der Waals surface area contributed by atoms with Crippen LogP contribution in [0.4, 0.5) is 0 Å². The second-order valence-corrected chi connectivity index (χ2v) is 13.4. The van der Waals surface area contributed by atoms with Gasteiger partial charge in [0.15, 0.2) is 5.96 Å². The number of aromatic amines is 1. The van der Waals surface area contributed by atoms with Crippen molar-refractivity contribution in [2.75, 3.05) is 6.54 Å². The van der Waals surface area contributed by atoms with Crippen molar-refractivity contribution in [1.82, 2.24) is 26.3 Å². The second kappa shape index (κ2) is 20.7. The molecule has 0 aliphatic rings. The highest BCUT2D eigenvalue weighted by molar-refractivity contribution is 5.96. The molecule has 4 aromatic rings. The number of para-hydroxylation sites is 1. The maximum absolute atomic E-state index is 14.3. The maximum atomic E-state index is 14.3. The van der Waals surface area contributed by atoms with Gasteiger partial charge in [0.05, 0.1) is 12.5 Å². The van der Waals surface area contributed by atoms with Crippen LogP contribution >= 0.6 is 0 Å². The third-order valence-electron chi connectivity index (χ3n) is 8.95. The van der Waals surface area contributed by atoms with Gasteiger partial charge >= 0.3 is 11.9 Å². The molecule has 3 aromatic carbocycles. The Labute approximate surface area is 327 Å². The summed E-state index contributed by atoms with van der Waals surface area (Å²) >= 11 is 0. The number of carbonyl (C=O) groups excluding carboxylic acids is 4. The Bertz CT molecular complexity index is 2050. The smallest absolute Gasteiger partial charge is 0.326 e. The molecular weight excluding hydrogens is 738 g/mol. The molecule has 14 N–H and O–H groups in total. The first-order valence-electron chi connectivity index (χ1n) is 18.0. The zero-order valence-electron chi connectivity index (χ0n) is 30.9. The lowest BCUT2D eigenvalue weighted by atomic mass is 10.0. The fraction of sp³-hybridized carbons (Fsp3) is 0.308. The molecule has 0 radical (unpaired) electrons. The Balaban J connectivity index is 1.64. The molecule has 0 aliphatic heterocycles. The minimum Gasteiger partial charge on any atom is -0.508 e. The lowest BCUT2D eigenvalue weighted by Crippen LogP contribution is -2.59. The molecule has 0 fully saturated rings. The van der Waals surface area contributed by atoms with Crippen molar-refractivity contribution in [1.29, 1.82) is 0 Å². The number of hydrogen-bond acceptors (Lipinski definition) is 9. The minimum absolute atomic E-state index is 0.0250. The number of guanidine groups is 1. The fourth-order valence-electron chi connectivity index (χ4n) is 6.01. The van der Waals surface area contributed by atoms with Crippen LogP contribution in [-0.4, -0.2) is 98.6 Å². The topological polar surface area (TPSA) is 317 Å². The third kappa shape index (κ3) is 13.4. The van der Waals surface area contributed by atoms with E-state index in [0.29, 0.717) is 16.7 Å². The van der Waals surface area contributed by atoms with E-state index in [4.69, 9.17) is 17.2 Å². The number of aromatic hydroxyl groups is 1. The first-order valence-corrected chi connectivity index (χ1v) is 18.0. The van der Waals surface area contributed by atoms with Gasteiger partial charge in [-0.05, 0) is 47.7 Å². The van der Waals surface area contributed by atoms with Crippen LogP contribution in [0.1, 0.15) is 36.0 Å². The van der Waals surface area contributed by atoms with E-state index in [9.17, 15) is 44.1 Å². The molecule has 1 aromatic heterocycles. The number of amides is 4. The lowest BCUT2D eigenvalue weighted by Gasteiger charge is -2.26. The monoisotopic (exact) mass is 785 g/mol. The van der Waals surface area contributed by atoms with Crippen molar-refractivity contribution in [3.05, 3.63) is 102 Å². The number of fused-ring (bicyclic) bond motifs is 1. The van der Waals surface area contributed by atoms with Gasteiger partial charge in [-0.2, -0.15) is 0 Å². The van der Waals surface area contributed by atoms with E-state index < -0.39 is 72.2 Å². The average Bonchev–Trinajstić information content (AvgIpc) is 3.58. The number of nitrogens with two attached hydrogens (primary N) is 3. The van der Waals surface area contributed by atoms with Crippen molar-refractivity contribution < 1.29 is 44.1 Å². The van der Waals surface area contributed by atoms with Crippen molar-refractivity contribution in [2.45, 2.75) is 68.7 Å². The number of benzene rings is 3. The van der Waals surface area contributed by atoms with E-state index >= 15 is 0 Å². The fourth-order valence-corrected chi connectivity index (χ4v) is 6.01. The number of carbonyl (C=O) groups is 6. The lowest BCUT2D eigenvalue weighted by molar-refractivity contribution is -0.142. The Kier molecular flexibility index (Phi) is 15.5. The van der Waals surface area contributed by atoms with Gasteiger partial charge in [-0.3, -0.25) is 29.0 Å². The summed E-state index contributed by atoms with van der Waals surface area (Å²) in [4.78, 5) is 85.6. The van der Waals surface area contributed by atoms with Gasteiger partial charge in [0.25, 0.3) is 0 Å². The number of aliphatic imine (C=N–C) groups is 1. The van der Waals surface area contributed by atoms with Crippen LogP contribution in [0.3, 0.4) is 0 Å². The molecule has 5 unspecified atom stereocenters. The van der Waals surface area contributed by atoms with Gasteiger partial charge in [-0.1, -0.05) is 60.7 Å². The largest absolute Gasteiger partial charge is 0.508 e. The molecule has 0 bridgehead atoms. The molecule has 4 amide bonds. The van der Waals surface area contributed by atoms with Gasteiger partial charge in [-0.15, -0.1) is 0 Å². The van der Waals surface area contributed by atoms with E-state index in [0.717, 1.165) is 10.9 Å². The minimum atomic E-state index is -1.47. The summed E-state index contributed by atoms with van der Waals surface area (Å²) in [5, 5.41) is 39.9. The number of rotatable bonds is 21. The van der Waals surface area contributed by atoms with Crippen molar-refractivity contribution >= 4 is 52.4 Å². The Hall–Kier alpha value is -6.95. The van der Waals surface area contributed by atoms with Gasteiger partial charge in [0.1, 0.15) is 29.9 Å². The van der Waals surface area contributed by atoms with E-state index in [2.05, 4.69) is 31.2 Å². The van der Waals surface area contributed by atoms with Gasteiger partial charge in [0, 0.05) is 42.9 Å². The Morgan fingerprint density at radius 1 is 0.667 bits per heavy atom. The van der Waals surface area contributed by atoms with Crippen LogP contribution in [0.15, 0.2) is 90.1 Å². The predicted octanol–water partition coefficient (Wildman–Crippen LogP) is -0.219. The van der Waals surface area contributed by atoms with Gasteiger partial charge in [0.2, 0.25) is 23.6 Å². The predicted molar refractivity (Wildman–Crippen MR) is 209 cm³/mol. The van der Waals surface area contributed by atoms with Crippen LogP contribution < -0.4 is 38.5 Å². The normalized spacial score (nSPS) is 13.6. The first-order chi connectivity index (χ1) is 27.2. The number of aromatic nitrogens is 1. The molecule has 0 spiro atoms. The van der Waals surface area contributed by atoms with Crippen molar-refractivity contribution in [3.63, 3.8) is 0 Å². The van der Waals surface area contributed by atoms with Crippen molar-refractivity contribution in [3.8, 4) is 5.75 Å². The molecule has 57 heavy (non-hydrogen) atoms. The number of phenolic OH excluding ortho intramolecular Hbond substituents is 1. The van der Waals surface area contributed by atoms with Crippen LogP contribution in [-0.2, 0) is 48.0 Å². The SMILES string of the molecule is NC(N)=NCCCC(NC(=O)C(Cc1c[nH]c2ccccc12)NC(=O)C(Cc1ccccc1)NC(=O)C(N)CC(=O)O)C(=O)NC(Cc1ccc(O)cc1)C(=O)O. The number of carboxylic acids is 2. The molecule has 302 valence electrons.